The summed E-state index contributed by atoms with van der Waals surface area (Å²) in [6.07, 6.45) is 3.30. The van der Waals surface area contributed by atoms with Crippen LogP contribution in [0.1, 0.15) is 12.1 Å². The number of hydrogen-bond donors (Lipinski definition) is 0. The molecule has 20 heavy (non-hydrogen) atoms. The van der Waals surface area contributed by atoms with E-state index in [9.17, 15) is 0 Å². The summed E-state index contributed by atoms with van der Waals surface area (Å²) in [6.45, 7) is 3.41. The molecule has 0 aliphatic carbocycles. The standard InChI is InChI=1S/C15H21ClN4/c1-18-8-6-12(10-18)11-19(2)15-13(9-16)20-7-4-3-5-14(20)17-15/h3-5,7,12H,6,8-11H2,1-2H3. The molecule has 1 saturated heterocycles. The van der Waals surface area contributed by atoms with Crippen LogP contribution in [0.25, 0.3) is 5.65 Å². The number of imidazole rings is 1. The van der Waals surface area contributed by atoms with E-state index in [0.29, 0.717) is 5.88 Å². The van der Waals surface area contributed by atoms with E-state index >= 15 is 0 Å². The molecule has 0 saturated carbocycles. The smallest absolute Gasteiger partial charge is 0.152 e. The quantitative estimate of drug-likeness (QED) is 0.809. The van der Waals surface area contributed by atoms with Gasteiger partial charge in [-0.25, -0.2) is 4.98 Å². The van der Waals surface area contributed by atoms with Crippen LogP contribution >= 0.6 is 11.6 Å². The Balaban J connectivity index is 1.85. The summed E-state index contributed by atoms with van der Waals surface area (Å²) in [5, 5.41) is 0. The highest BCUT2D eigenvalue weighted by Gasteiger charge is 2.23. The number of likely N-dealkylation sites (tertiary alicyclic amines) is 1. The molecule has 2 aromatic heterocycles. The molecule has 108 valence electrons. The summed E-state index contributed by atoms with van der Waals surface area (Å²) in [5.41, 5.74) is 2.05. The van der Waals surface area contributed by atoms with Gasteiger partial charge in [-0.2, -0.15) is 0 Å². The number of alkyl halides is 1. The van der Waals surface area contributed by atoms with Gasteiger partial charge in [-0.3, -0.25) is 0 Å². The van der Waals surface area contributed by atoms with E-state index in [1.54, 1.807) is 0 Å². The Labute approximate surface area is 125 Å². The first-order valence-corrected chi connectivity index (χ1v) is 7.64. The zero-order chi connectivity index (χ0) is 14.1. The number of halogens is 1. The van der Waals surface area contributed by atoms with Crippen LogP contribution in [0, 0.1) is 5.92 Å². The second kappa shape index (κ2) is 5.62. The molecule has 4 nitrogen and oxygen atoms in total. The molecule has 1 atom stereocenters. The molecular weight excluding hydrogens is 272 g/mol. The maximum absolute atomic E-state index is 6.14. The third kappa shape index (κ3) is 2.50. The fourth-order valence-electron chi connectivity index (χ4n) is 3.11. The molecule has 1 fully saturated rings. The summed E-state index contributed by atoms with van der Waals surface area (Å²) in [5.74, 6) is 2.22. The second-order valence-electron chi connectivity index (χ2n) is 5.74. The van der Waals surface area contributed by atoms with Gasteiger partial charge in [0.15, 0.2) is 5.82 Å². The van der Waals surface area contributed by atoms with Crippen LogP contribution in [0.4, 0.5) is 5.82 Å². The van der Waals surface area contributed by atoms with Crippen molar-refractivity contribution < 1.29 is 0 Å². The minimum absolute atomic E-state index is 0.482. The van der Waals surface area contributed by atoms with Crippen LogP contribution < -0.4 is 4.90 Å². The second-order valence-corrected chi connectivity index (χ2v) is 6.01. The minimum atomic E-state index is 0.482. The number of rotatable bonds is 4. The average Bonchev–Trinajstić information content (AvgIpc) is 3.01. The van der Waals surface area contributed by atoms with Crippen molar-refractivity contribution in [3.8, 4) is 0 Å². The fraction of sp³-hybridized carbons (Fsp3) is 0.533. The third-order valence-corrected chi connectivity index (χ3v) is 4.37. The Hall–Kier alpha value is -1.26. The van der Waals surface area contributed by atoms with Crippen LogP contribution in [0.2, 0.25) is 0 Å². The van der Waals surface area contributed by atoms with Crippen LogP contribution in [0.3, 0.4) is 0 Å². The first kappa shape index (κ1) is 13.7. The van der Waals surface area contributed by atoms with Crippen LogP contribution in [0.15, 0.2) is 24.4 Å². The summed E-state index contributed by atoms with van der Waals surface area (Å²) in [4.78, 5) is 9.39. The topological polar surface area (TPSA) is 23.8 Å². The van der Waals surface area contributed by atoms with Crippen molar-refractivity contribution in [2.75, 3.05) is 38.6 Å². The lowest BCUT2D eigenvalue weighted by Crippen LogP contribution is -2.28. The van der Waals surface area contributed by atoms with E-state index in [2.05, 4.69) is 28.3 Å². The molecule has 0 amide bonds. The van der Waals surface area contributed by atoms with Gasteiger partial charge in [0.1, 0.15) is 5.65 Å². The highest BCUT2D eigenvalue weighted by Crippen LogP contribution is 2.25. The molecule has 1 unspecified atom stereocenters. The number of nitrogens with zero attached hydrogens (tertiary/aromatic N) is 4. The summed E-state index contributed by atoms with van der Waals surface area (Å²) < 4.78 is 2.08. The minimum Gasteiger partial charge on any atom is -0.358 e. The lowest BCUT2D eigenvalue weighted by atomic mass is 10.1. The van der Waals surface area contributed by atoms with Crippen molar-refractivity contribution in [1.82, 2.24) is 14.3 Å². The molecule has 3 heterocycles. The van der Waals surface area contributed by atoms with Gasteiger partial charge < -0.3 is 14.2 Å². The predicted octanol–water partition coefficient (Wildman–Crippen LogP) is 2.46. The van der Waals surface area contributed by atoms with E-state index < -0.39 is 0 Å². The Kier molecular flexibility index (Phi) is 3.85. The molecule has 1 aliphatic rings. The van der Waals surface area contributed by atoms with Crippen LogP contribution in [-0.2, 0) is 5.88 Å². The number of fused-ring (bicyclic) bond motifs is 1. The third-order valence-electron chi connectivity index (χ3n) is 4.12. The molecule has 0 bridgehead atoms. The van der Waals surface area contributed by atoms with Gasteiger partial charge in [0.05, 0.1) is 11.6 Å². The Morgan fingerprint density at radius 2 is 2.30 bits per heavy atom. The number of aromatic nitrogens is 2. The zero-order valence-corrected chi connectivity index (χ0v) is 12.8. The van der Waals surface area contributed by atoms with E-state index in [1.807, 2.05) is 24.4 Å². The Bertz CT molecular complexity index is 595. The van der Waals surface area contributed by atoms with Crippen LogP contribution in [0.5, 0.6) is 0 Å². The lowest BCUT2D eigenvalue weighted by Gasteiger charge is -2.22. The van der Waals surface area contributed by atoms with Gasteiger partial charge in [0.25, 0.3) is 0 Å². The highest BCUT2D eigenvalue weighted by molar-refractivity contribution is 6.17. The molecule has 3 rings (SSSR count). The van der Waals surface area contributed by atoms with Gasteiger partial charge in [-0.05, 0) is 38.1 Å². The number of anilines is 1. The van der Waals surface area contributed by atoms with E-state index in [-0.39, 0.29) is 0 Å². The zero-order valence-electron chi connectivity index (χ0n) is 12.1. The van der Waals surface area contributed by atoms with Crippen molar-refractivity contribution in [2.45, 2.75) is 12.3 Å². The number of hydrogen-bond acceptors (Lipinski definition) is 3. The van der Waals surface area contributed by atoms with Gasteiger partial charge in [0.2, 0.25) is 0 Å². The van der Waals surface area contributed by atoms with Gasteiger partial charge in [-0.15, -0.1) is 11.6 Å². The van der Waals surface area contributed by atoms with E-state index in [4.69, 9.17) is 16.6 Å². The lowest BCUT2D eigenvalue weighted by molar-refractivity contribution is 0.395. The molecule has 2 aromatic rings. The predicted molar refractivity (Wildman–Crippen MR) is 83.6 cm³/mol. The highest BCUT2D eigenvalue weighted by atomic mass is 35.5. The monoisotopic (exact) mass is 292 g/mol. The molecule has 5 heteroatoms. The Morgan fingerprint density at radius 3 is 3.00 bits per heavy atom. The fourth-order valence-corrected chi connectivity index (χ4v) is 3.36. The SMILES string of the molecule is CN1CCC(CN(C)c2nc3ccccn3c2CCl)C1. The largest absolute Gasteiger partial charge is 0.358 e. The molecule has 0 aromatic carbocycles. The van der Waals surface area contributed by atoms with E-state index in [1.165, 1.54) is 19.5 Å². The van der Waals surface area contributed by atoms with Crippen molar-refractivity contribution in [3.05, 3.63) is 30.1 Å². The maximum Gasteiger partial charge on any atom is 0.152 e. The summed E-state index contributed by atoms with van der Waals surface area (Å²) >= 11 is 6.14. The van der Waals surface area contributed by atoms with Crippen molar-refractivity contribution >= 4 is 23.1 Å². The number of pyridine rings is 1. The van der Waals surface area contributed by atoms with Crippen LogP contribution in [-0.4, -0.2) is 48.0 Å². The van der Waals surface area contributed by atoms with Crippen molar-refractivity contribution in [3.63, 3.8) is 0 Å². The molecule has 0 spiro atoms. The maximum atomic E-state index is 6.14. The first-order chi connectivity index (χ1) is 9.69. The van der Waals surface area contributed by atoms with Gasteiger partial charge in [-0.1, -0.05) is 6.07 Å². The van der Waals surface area contributed by atoms with Gasteiger partial charge in [0, 0.05) is 26.3 Å². The first-order valence-electron chi connectivity index (χ1n) is 7.10. The van der Waals surface area contributed by atoms with Crippen molar-refractivity contribution in [1.29, 1.82) is 0 Å². The Morgan fingerprint density at radius 1 is 1.45 bits per heavy atom. The molecular formula is C15H21ClN4. The molecule has 0 radical (unpaired) electrons. The molecule has 0 N–H and O–H groups in total. The summed E-state index contributed by atoms with van der Waals surface area (Å²) in [7, 11) is 4.31. The normalized spacial score (nSPS) is 19.9. The van der Waals surface area contributed by atoms with Crippen molar-refractivity contribution in [2.24, 2.45) is 5.92 Å². The van der Waals surface area contributed by atoms with Gasteiger partial charge >= 0.3 is 0 Å². The summed E-state index contributed by atoms with van der Waals surface area (Å²) in [6, 6.07) is 6.05. The molecule has 1 aliphatic heterocycles. The average molecular weight is 293 g/mol. The van der Waals surface area contributed by atoms with E-state index in [0.717, 1.165) is 29.6 Å².